The number of halogens is 1. The van der Waals surface area contributed by atoms with Crippen LogP contribution in [0.3, 0.4) is 0 Å². The number of nitrogens with one attached hydrogen (secondary N) is 1. The molecular formula is C26H36ClN3O4S. The lowest BCUT2D eigenvalue weighted by Gasteiger charge is -2.32. The Labute approximate surface area is 214 Å². The van der Waals surface area contributed by atoms with Crippen molar-refractivity contribution in [1.29, 1.82) is 0 Å². The van der Waals surface area contributed by atoms with Crippen molar-refractivity contribution in [2.24, 2.45) is 0 Å². The largest absolute Gasteiger partial charge is 0.350 e. The first-order valence-corrected chi connectivity index (χ1v) is 13.8. The van der Waals surface area contributed by atoms with Crippen molar-refractivity contribution in [2.45, 2.75) is 65.6 Å². The Balaban J connectivity index is 2.20. The van der Waals surface area contributed by atoms with Crippen LogP contribution in [-0.2, 0) is 26.2 Å². The topological polar surface area (TPSA) is 86.8 Å². The number of hydrogen-bond donors (Lipinski definition) is 1. The molecule has 7 nitrogen and oxygen atoms in total. The number of hydrogen-bond acceptors (Lipinski definition) is 4. The molecule has 0 saturated carbocycles. The first kappa shape index (κ1) is 28.7. The van der Waals surface area contributed by atoms with Crippen LogP contribution in [0.1, 0.15) is 51.7 Å². The Bertz CT molecular complexity index is 1150. The van der Waals surface area contributed by atoms with Crippen LogP contribution < -0.4 is 9.62 Å². The van der Waals surface area contributed by atoms with Crippen LogP contribution >= 0.6 is 11.6 Å². The van der Waals surface area contributed by atoms with Gasteiger partial charge in [-0.25, -0.2) is 8.42 Å². The van der Waals surface area contributed by atoms with Gasteiger partial charge in [-0.15, -0.1) is 0 Å². The summed E-state index contributed by atoms with van der Waals surface area (Å²) in [5.74, 6) is -0.519. The minimum Gasteiger partial charge on any atom is -0.350 e. The summed E-state index contributed by atoms with van der Waals surface area (Å²) in [6.07, 6.45) is 1.53. The molecule has 0 aliphatic heterocycles. The number of sulfonamides is 1. The van der Waals surface area contributed by atoms with Crippen LogP contribution in [0.15, 0.2) is 48.5 Å². The SMILES string of the molecule is Cc1cccc(N(CCCC(=O)N(Cc2ccccc2Cl)[C@H](C)C(=O)NC(C)(C)C)S(C)(=O)=O)c1. The van der Waals surface area contributed by atoms with E-state index in [0.29, 0.717) is 17.1 Å². The third-order valence-corrected chi connectivity index (χ3v) is 6.97. The maximum absolute atomic E-state index is 13.3. The summed E-state index contributed by atoms with van der Waals surface area (Å²) in [7, 11) is -3.53. The number of anilines is 1. The minimum absolute atomic E-state index is 0.0788. The van der Waals surface area contributed by atoms with Crippen LogP contribution in [0.2, 0.25) is 5.02 Å². The molecule has 1 atom stereocenters. The van der Waals surface area contributed by atoms with Gasteiger partial charge in [0.05, 0.1) is 11.9 Å². The molecule has 0 saturated heterocycles. The highest BCUT2D eigenvalue weighted by molar-refractivity contribution is 7.92. The maximum atomic E-state index is 13.3. The number of carbonyl (C=O) groups excluding carboxylic acids is 2. The molecule has 2 amide bonds. The van der Waals surface area contributed by atoms with Gasteiger partial charge in [0.2, 0.25) is 21.8 Å². The van der Waals surface area contributed by atoms with Gasteiger partial charge < -0.3 is 10.2 Å². The first-order chi connectivity index (χ1) is 16.2. The van der Waals surface area contributed by atoms with Crippen molar-refractivity contribution in [3.05, 3.63) is 64.7 Å². The van der Waals surface area contributed by atoms with Gasteiger partial charge >= 0.3 is 0 Å². The van der Waals surface area contributed by atoms with Gasteiger partial charge in [0.25, 0.3) is 0 Å². The second-order valence-electron chi connectivity index (χ2n) is 9.81. The van der Waals surface area contributed by atoms with Crippen molar-refractivity contribution in [1.82, 2.24) is 10.2 Å². The Morgan fingerprint density at radius 1 is 1.09 bits per heavy atom. The van der Waals surface area contributed by atoms with E-state index in [-0.39, 0.29) is 31.3 Å². The zero-order valence-electron chi connectivity index (χ0n) is 21.3. The quantitative estimate of drug-likeness (QED) is 0.497. The molecule has 0 unspecified atom stereocenters. The summed E-state index contributed by atoms with van der Waals surface area (Å²) < 4.78 is 26.2. The highest BCUT2D eigenvalue weighted by Crippen LogP contribution is 2.22. The van der Waals surface area contributed by atoms with Crippen LogP contribution in [0, 0.1) is 6.92 Å². The van der Waals surface area contributed by atoms with E-state index in [2.05, 4.69) is 5.32 Å². The van der Waals surface area contributed by atoms with Gasteiger partial charge in [-0.1, -0.05) is 41.9 Å². The summed E-state index contributed by atoms with van der Waals surface area (Å²) in [5, 5.41) is 3.43. The van der Waals surface area contributed by atoms with Crippen LogP contribution in [-0.4, -0.2) is 49.5 Å². The Kier molecular flexibility index (Phi) is 9.75. The number of nitrogens with zero attached hydrogens (tertiary/aromatic N) is 2. The molecule has 2 aromatic rings. The lowest BCUT2D eigenvalue weighted by atomic mass is 10.1. The molecule has 0 fully saturated rings. The van der Waals surface area contributed by atoms with E-state index in [1.54, 1.807) is 37.3 Å². The summed E-state index contributed by atoms with van der Waals surface area (Å²) in [5.41, 5.74) is 1.78. The molecule has 0 bridgehead atoms. The molecular weight excluding hydrogens is 486 g/mol. The molecule has 2 rings (SSSR count). The zero-order valence-corrected chi connectivity index (χ0v) is 22.9. The Hall–Kier alpha value is -2.58. The number of carbonyl (C=O) groups is 2. The van der Waals surface area contributed by atoms with Crippen LogP contribution in [0.5, 0.6) is 0 Å². The van der Waals surface area contributed by atoms with Gasteiger partial charge in [0.15, 0.2) is 0 Å². The molecule has 0 radical (unpaired) electrons. The highest BCUT2D eigenvalue weighted by atomic mass is 35.5. The predicted octanol–water partition coefficient (Wildman–Crippen LogP) is 4.53. The summed E-state index contributed by atoms with van der Waals surface area (Å²) in [6, 6.07) is 13.7. The molecule has 0 heterocycles. The average molecular weight is 522 g/mol. The fourth-order valence-electron chi connectivity index (χ4n) is 3.65. The zero-order chi connectivity index (χ0) is 26.4. The molecule has 0 aliphatic rings. The van der Waals surface area contributed by atoms with E-state index in [0.717, 1.165) is 17.4 Å². The number of rotatable bonds is 10. The first-order valence-electron chi connectivity index (χ1n) is 11.6. The summed E-state index contributed by atoms with van der Waals surface area (Å²) in [6.45, 7) is 9.53. The van der Waals surface area contributed by atoms with E-state index in [1.165, 1.54) is 9.21 Å². The van der Waals surface area contributed by atoms with Gasteiger partial charge in [0, 0.05) is 30.1 Å². The van der Waals surface area contributed by atoms with E-state index in [4.69, 9.17) is 11.6 Å². The number of benzene rings is 2. The average Bonchev–Trinajstić information content (AvgIpc) is 2.73. The monoisotopic (exact) mass is 521 g/mol. The van der Waals surface area contributed by atoms with E-state index < -0.39 is 21.6 Å². The smallest absolute Gasteiger partial charge is 0.242 e. The number of amides is 2. The van der Waals surface area contributed by atoms with Crippen LogP contribution in [0.4, 0.5) is 5.69 Å². The third-order valence-electron chi connectivity index (χ3n) is 5.41. The minimum atomic E-state index is -3.53. The van der Waals surface area contributed by atoms with E-state index in [1.807, 2.05) is 45.9 Å². The second-order valence-corrected chi connectivity index (χ2v) is 12.1. The maximum Gasteiger partial charge on any atom is 0.242 e. The van der Waals surface area contributed by atoms with Gasteiger partial charge in [-0.2, -0.15) is 0 Å². The molecule has 0 aromatic heterocycles. The second kappa shape index (κ2) is 11.9. The lowest BCUT2D eigenvalue weighted by molar-refractivity contribution is -0.141. The predicted molar refractivity (Wildman–Crippen MR) is 142 cm³/mol. The standard InChI is InChI=1S/C26H36ClN3O4S/c1-19-11-9-13-22(17-19)30(35(6,33)34)16-10-15-24(31)29(18-21-12-7-8-14-23(21)27)20(2)25(32)28-26(3,4)5/h7-9,11-14,17,20H,10,15-16,18H2,1-6H3,(H,28,32)/t20-/m1/s1. The van der Waals surface area contributed by atoms with Crippen molar-refractivity contribution in [2.75, 3.05) is 17.1 Å². The van der Waals surface area contributed by atoms with Crippen LogP contribution in [0.25, 0.3) is 0 Å². The Morgan fingerprint density at radius 3 is 2.31 bits per heavy atom. The van der Waals surface area contributed by atoms with Gasteiger partial charge in [-0.3, -0.25) is 13.9 Å². The summed E-state index contributed by atoms with van der Waals surface area (Å²) >= 11 is 6.33. The lowest BCUT2D eigenvalue weighted by Crippen LogP contribution is -2.52. The van der Waals surface area contributed by atoms with Crippen molar-refractivity contribution >= 4 is 39.1 Å². The van der Waals surface area contributed by atoms with Crippen molar-refractivity contribution in [3.63, 3.8) is 0 Å². The molecule has 192 valence electrons. The van der Waals surface area contributed by atoms with E-state index in [9.17, 15) is 18.0 Å². The molecule has 0 spiro atoms. The molecule has 35 heavy (non-hydrogen) atoms. The third kappa shape index (κ3) is 8.85. The molecule has 9 heteroatoms. The van der Waals surface area contributed by atoms with E-state index >= 15 is 0 Å². The van der Waals surface area contributed by atoms with Crippen molar-refractivity contribution in [3.8, 4) is 0 Å². The normalized spacial score (nSPS) is 12.7. The van der Waals surface area contributed by atoms with Gasteiger partial charge in [-0.05, 0) is 70.4 Å². The molecule has 2 aromatic carbocycles. The molecule has 1 N–H and O–H groups in total. The Morgan fingerprint density at radius 2 is 1.74 bits per heavy atom. The van der Waals surface area contributed by atoms with Gasteiger partial charge in [0.1, 0.15) is 6.04 Å². The molecule has 0 aliphatic carbocycles. The fourth-order valence-corrected chi connectivity index (χ4v) is 4.81. The fraction of sp³-hybridized carbons (Fsp3) is 0.462. The summed E-state index contributed by atoms with van der Waals surface area (Å²) in [4.78, 5) is 27.7. The highest BCUT2D eigenvalue weighted by Gasteiger charge is 2.29. The van der Waals surface area contributed by atoms with Crippen molar-refractivity contribution < 1.29 is 18.0 Å². The number of aryl methyl sites for hydroxylation is 1.